The number of benzene rings is 1. The van der Waals surface area contributed by atoms with Crippen molar-refractivity contribution in [1.82, 2.24) is 29.1 Å². The number of fused-ring (bicyclic) bond motifs is 2. The normalized spacial score (nSPS) is 12.2. The number of nitrogens with zero attached hydrogens (tertiary/aromatic N) is 7. The molecule has 0 spiro atoms. The van der Waals surface area contributed by atoms with Gasteiger partial charge < -0.3 is 10.5 Å². The summed E-state index contributed by atoms with van der Waals surface area (Å²) in [6.45, 7) is 15.3. The molecule has 2 N–H and O–H groups in total. The fourth-order valence-corrected chi connectivity index (χ4v) is 5.94. The first-order valence-electron chi connectivity index (χ1n) is 13.0. The average molecular weight is 563 g/mol. The summed E-state index contributed by atoms with van der Waals surface area (Å²) in [6, 6.07) is 13.0. The minimum atomic E-state index is -0.410. The zero-order chi connectivity index (χ0) is 28.8. The van der Waals surface area contributed by atoms with Crippen LogP contribution in [0.2, 0.25) is 0 Å². The van der Waals surface area contributed by atoms with E-state index in [9.17, 15) is 4.79 Å². The van der Waals surface area contributed by atoms with Gasteiger partial charge in [-0.1, -0.05) is 30.3 Å². The Bertz CT molecular complexity index is 2040. The predicted octanol–water partition coefficient (Wildman–Crippen LogP) is 6.07. The standard InChI is InChI=1S/C30H26N8O2S/c1-16(2)40-29-22(32-5)11-20(13-33-29)26-25-27(31)34-15-35-28(25)38(36-26)18(4)21-12-23-37(17(3)14-41-23)30(39)24(21)19-9-7-6-8-10-19/h6-16,18H,1-4H3,(H2,31,34,35)/t18-/m0/s1. The van der Waals surface area contributed by atoms with Gasteiger partial charge in [-0.15, -0.1) is 11.3 Å². The van der Waals surface area contributed by atoms with E-state index < -0.39 is 6.04 Å². The third-order valence-electron chi connectivity index (χ3n) is 6.88. The second-order valence-electron chi connectivity index (χ2n) is 9.95. The lowest BCUT2D eigenvalue weighted by molar-refractivity contribution is 0.234. The molecule has 0 aliphatic carbocycles. The molecular weight excluding hydrogens is 536 g/mol. The van der Waals surface area contributed by atoms with Gasteiger partial charge in [0, 0.05) is 22.8 Å². The van der Waals surface area contributed by atoms with Crippen LogP contribution in [0.15, 0.2) is 65.2 Å². The second-order valence-corrected chi connectivity index (χ2v) is 10.8. The second kappa shape index (κ2) is 10.1. The monoisotopic (exact) mass is 562 g/mol. The van der Waals surface area contributed by atoms with Gasteiger partial charge in [0.2, 0.25) is 11.6 Å². The van der Waals surface area contributed by atoms with E-state index in [2.05, 4.69) is 19.8 Å². The van der Waals surface area contributed by atoms with E-state index >= 15 is 0 Å². The van der Waals surface area contributed by atoms with Gasteiger partial charge in [-0.3, -0.25) is 9.20 Å². The molecule has 5 aromatic heterocycles. The zero-order valence-corrected chi connectivity index (χ0v) is 23.7. The fraction of sp³-hybridized carbons (Fsp3) is 0.200. The maximum atomic E-state index is 13.9. The number of aryl methyl sites for hydroxylation is 1. The number of nitrogens with two attached hydrogens (primary N) is 1. The van der Waals surface area contributed by atoms with E-state index in [0.29, 0.717) is 27.9 Å². The van der Waals surface area contributed by atoms with Gasteiger partial charge in [0.1, 0.15) is 22.7 Å². The Morgan fingerprint density at radius 2 is 1.85 bits per heavy atom. The molecule has 10 nitrogen and oxygen atoms in total. The maximum absolute atomic E-state index is 13.9. The van der Waals surface area contributed by atoms with Crippen molar-refractivity contribution in [2.24, 2.45) is 0 Å². The van der Waals surface area contributed by atoms with Crippen LogP contribution in [0.5, 0.6) is 5.88 Å². The number of hydrogen-bond acceptors (Lipinski definition) is 8. The number of hydrogen-bond donors (Lipinski definition) is 1. The zero-order valence-electron chi connectivity index (χ0n) is 22.9. The van der Waals surface area contributed by atoms with Gasteiger partial charge in [-0.05, 0) is 51.0 Å². The highest BCUT2D eigenvalue weighted by Crippen LogP contribution is 2.38. The van der Waals surface area contributed by atoms with E-state index in [1.54, 1.807) is 21.3 Å². The smallest absolute Gasteiger partial charge is 0.264 e. The Labute approximate surface area is 239 Å². The first-order valence-corrected chi connectivity index (χ1v) is 13.9. The number of ether oxygens (including phenoxy) is 1. The summed E-state index contributed by atoms with van der Waals surface area (Å²) in [5.74, 6) is 0.510. The van der Waals surface area contributed by atoms with Gasteiger partial charge in [0.05, 0.1) is 29.7 Å². The van der Waals surface area contributed by atoms with Crippen LogP contribution in [0.1, 0.15) is 38.1 Å². The molecule has 0 amide bonds. The van der Waals surface area contributed by atoms with E-state index in [-0.39, 0.29) is 29.0 Å². The average Bonchev–Trinajstić information content (AvgIpc) is 3.54. The highest BCUT2D eigenvalue weighted by molar-refractivity contribution is 7.15. The van der Waals surface area contributed by atoms with Crippen molar-refractivity contribution in [1.29, 1.82) is 0 Å². The fourth-order valence-electron chi connectivity index (χ4n) is 5.01. The van der Waals surface area contributed by atoms with Crippen LogP contribution in [-0.4, -0.2) is 35.2 Å². The molecule has 0 saturated carbocycles. The molecule has 0 aliphatic heterocycles. The van der Waals surface area contributed by atoms with Gasteiger partial charge in [-0.25, -0.2) is 24.5 Å². The van der Waals surface area contributed by atoms with Gasteiger partial charge in [0.25, 0.3) is 5.56 Å². The van der Waals surface area contributed by atoms with Crippen molar-refractivity contribution in [3.05, 3.63) is 93.4 Å². The van der Waals surface area contributed by atoms with Crippen LogP contribution < -0.4 is 16.0 Å². The Hall–Kier alpha value is -5.08. The minimum absolute atomic E-state index is 0.0910. The summed E-state index contributed by atoms with van der Waals surface area (Å²) in [4.78, 5) is 31.6. The van der Waals surface area contributed by atoms with E-state index in [1.807, 2.05) is 69.5 Å². The van der Waals surface area contributed by atoms with E-state index in [0.717, 1.165) is 21.7 Å². The molecule has 0 radical (unpaired) electrons. The Kier molecular flexibility index (Phi) is 6.47. The van der Waals surface area contributed by atoms with Crippen LogP contribution in [0.4, 0.5) is 11.5 Å². The topological polar surface area (TPSA) is 118 Å². The molecule has 6 aromatic rings. The molecule has 0 bridgehead atoms. The molecule has 0 fully saturated rings. The summed E-state index contributed by atoms with van der Waals surface area (Å²) < 4.78 is 9.22. The lowest BCUT2D eigenvalue weighted by Crippen LogP contribution is -2.21. The molecular formula is C30H26N8O2S. The number of rotatable bonds is 6. The maximum Gasteiger partial charge on any atom is 0.264 e. The quantitative estimate of drug-likeness (QED) is 0.245. The third kappa shape index (κ3) is 4.38. The molecule has 5 heterocycles. The number of pyridine rings is 2. The molecule has 0 aliphatic rings. The largest absolute Gasteiger partial charge is 0.484 e. The van der Waals surface area contributed by atoms with Crippen molar-refractivity contribution >= 4 is 38.7 Å². The van der Waals surface area contributed by atoms with E-state index in [4.69, 9.17) is 22.1 Å². The molecule has 1 aromatic carbocycles. The number of anilines is 1. The molecule has 11 heteroatoms. The van der Waals surface area contributed by atoms with Crippen molar-refractivity contribution in [2.45, 2.75) is 39.8 Å². The highest BCUT2D eigenvalue weighted by atomic mass is 32.1. The van der Waals surface area contributed by atoms with E-state index in [1.165, 1.54) is 17.7 Å². The van der Waals surface area contributed by atoms with Crippen LogP contribution in [-0.2, 0) is 0 Å². The van der Waals surface area contributed by atoms with Gasteiger partial charge in [0.15, 0.2) is 5.65 Å². The van der Waals surface area contributed by atoms with Gasteiger partial charge in [-0.2, -0.15) is 5.10 Å². The number of aromatic nitrogens is 6. The van der Waals surface area contributed by atoms with Crippen LogP contribution in [0, 0.1) is 13.5 Å². The summed E-state index contributed by atoms with van der Waals surface area (Å²) in [5, 5.41) is 7.48. The summed E-state index contributed by atoms with van der Waals surface area (Å²) in [7, 11) is 0. The van der Waals surface area contributed by atoms with Crippen LogP contribution >= 0.6 is 11.3 Å². The SMILES string of the molecule is [C-]#[N+]c1cc(-c2nn([C@@H](C)c3cc4scc(C)n4c(=O)c3-c3ccccc3)c3ncnc(N)c23)cnc1OC(C)C. The van der Waals surface area contributed by atoms with Crippen molar-refractivity contribution in [3.8, 4) is 28.3 Å². The summed E-state index contributed by atoms with van der Waals surface area (Å²) >= 11 is 1.52. The highest BCUT2D eigenvalue weighted by Gasteiger charge is 2.26. The Morgan fingerprint density at radius 3 is 2.59 bits per heavy atom. The first kappa shape index (κ1) is 26.2. The third-order valence-corrected chi connectivity index (χ3v) is 7.88. The van der Waals surface area contributed by atoms with Crippen molar-refractivity contribution in [3.63, 3.8) is 0 Å². The van der Waals surface area contributed by atoms with Crippen molar-refractivity contribution in [2.75, 3.05) is 5.73 Å². The lowest BCUT2D eigenvalue weighted by atomic mass is 9.97. The minimum Gasteiger partial charge on any atom is -0.484 e. The Balaban J connectivity index is 1.59. The first-order chi connectivity index (χ1) is 19.8. The van der Waals surface area contributed by atoms with Crippen LogP contribution in [0.3, 0.4) is 0 Å². The van der Waals surface area contributed by atoms with Crippen LogP contribution in [0.25, 0.3) is 43.1 Å². The molecule has 41 heavy (non-hydrogen) atoms. The molecule has 0 unspecified atom stereocenters. The Morgan fingerprint density at radius 1 is 1.07 bits per heavy atom. The number of nitrogen functional groups attached to an aromatic ring is 1. The summed E-state index contributed by atoms with van der Waals surface area (Å²) in [5.41, 5.74) is 11.2. The summed E-state index contributed by atoms with van der Waals surface area (Å²) in [6.07, 6.45) is 2.87. The molecule has 0 saturated heterocycles. The van der Waals surface area contributed by atoms with Crippen molar-refractivity contribution < 1.29 is 4.74 Å². The lowest BCUT2D eigenvalue weighted by Gasteiger charge is -2.18. The number of thiazole rings is 1. The van der Waals surface area contributed by atoms with Gasteiger partial charge >= 0.3 is 0 Å². The predicted molar refractivity (Wildman–Crippen MR) is 161 cm³/mol. The molecule has 6 rings (SSSR count). The molecule has 204 valence electrons. The molecule has 1 atom stereocenters.